The minimum atomic E-state index is -0.854. The van der Waals surface area contributed by atoms with Crippen LogP contribution in [0.2, 0.25) is 0 Å². The van der Waals surface area contributed by atoms with Gasteiger partial charge in [-0.3, -0.25) is 9.78 Å². The SMILES string of the molecule is N#CC(C(=O)Nc1cnccn1)c1ccccc1. The number of carbonyl (C=O) groups is 1. The maximum atomic E-state index is 11.9. The minimum absolute atomic E-state index is 0.332. The first kappa shape index (κ1) is 11.7. The summed E-state index contributed by atoms with van der Waals surface area (Å²) >= 11 is 0. The van der Waals surface area contributed by atoms with Crippen molar-refractivity contribution in [2.45, 2.75) is 5.92 Å². The van der Waals surface area contributed by atoms with Gasteiger partial charge in [-0.25, -0.2) is 4.98 Å². The molecule has 18 heavy (non-hydrogen) atoms. The Morgan fingerprint density at radius 1 is 1.28 bits per heavy atom. The zero-order valence-electron chi connectivity index (χ0n) is 9.45. The third kappa shape index (κ3) is 2.68. The second-order valence-electron chi connectivity index (χ2n) is 3.55. The van der Waals surface area contributed by atoms with Crippen LogP contribution >= 0.6 is 0 Å². The smallest absolute Gasteiger partial charge is 0.247 e. The number of aromatic nitrogens is 2. The Kier molecular flexibility index (Phi) is 3.62. The van der Waals surface area contributed by atoms with Crippen LogP contribution in [0.5, 0.6) is 0 Å². The van der Waals surface area contributed by atoms with Crippen molar-refractivity contribution in [3.05, 3.63) is 54.5 Å². The lowest BCUT2D eigenvalue weighted by atomic mass is 10.00. The molecule has 1 unspecified atom stereocenters. The molecule has 0 aliphatic carbocycles. The number of benzene rings is 1. The molecule has 0 radical (unpaired) electrons. The highest BCUT2D eigenvalue weighted by atomic mass is 16.1. The fraction of sp³-hybridized carbons (Fsp3) is 0.0769. The molecular weight excluding hydrogens is 228 g/mol. The van der Waals surface area contributed by atoms with Gasteiger partial charge in [0.2, 0.25) is 5.91 Å². The van der Waals surface area contributed by atoms with Gasteiger partial charge >= 0.3 is 0 Å². The van der Waals surface area contributed by atoms with E-state index < -0.39 is 11.8 Å². The third-order valence-electron chi connectivity index (χ3n) is 2.34. The average Bonchev–Trinajstić information content (AvgIpc) is 2.42. The Labute approximate surface area is 104 Å². The van der Waals surface area contributed by atoms with Crippen molar-refractivity contribution >= 4 is 11.7 Å². The van der Waals surface area contributed by atoms with E-state index >= 15 is 0 Å². The molecule has 2 rings (SSSR count). The summed E-state index contributed by atoms with van der Waals surface area (Å²) < 4.78 is 0. The molecule has 1 amide bonds. The summed E-state index contributed by atoms with van der Waals surface area (Å²) in [5.41, 5.74) is 0.654. The van der Waals surface area contributed by atoms with Crippen molar-refractivity contribution in [2.24, 2.45) is 0 Å². The third-order valence-corrected chi connectivity index (χ3v) is 2.34. The number of carbonyl (C=O) groups excluding carboxylic acids is 1. The minimum Gasteiger partial charge on any atom is -0.308 e. The monoisotopic (exact) mass is 238 g/mol. The molecule has 1 aromatic carbocycles. The zero-order chi connectivity index (χ0) is 12.8. The van der Waals surface area contributed by atoms with Crippen LogP contribution in [0.3, 0.4) is 0 Å². The molecule has 5 nitrogen and oxygen atoms in total. The van der Waals surface area contributed by atoms with Gasteiger partial charge in [0.05, 0.1) is 12.3 Å². The van der Waals surface area contributed by atoms with Crippen molar-refractivity contribution in [1.29, 1.82) is 5.26 Å². The van der Waals surface area contributed by atoms with Crippen molar-refractivity contribution in [3.63, 3.8) is 0 Å². The van der Waals surface area contributed by atoms with Crippen LogP contribution in [0.15, 0.2) is 48.9 Å². The lowest BCUT2D eigenvalue weighted by Gasteiger charge is -2.09. The lowest BCUT2D eigenvalue weighted by molar-refractivity contribution is -0.116. The summed E-state index contributed by atoms with van der Waals surface area (Å²) in [6, 6.07) is 10.9. The number of nitrogens with one attached hydrogen (secondary N) is 1. The van der Waals surface area contributed by atoms with Crippen molar-refractivity contribution in [2.75, 3.05) is 5.32 Å². The van der Waals surface area contributed by atoms with E-state index in [0.717, 1.165) is 0 Å². The highest BCUT2D eigenvalue weighted by Crippen LogP contribution is 2.16. The lowest BCUT2D eigenvalue weighted by Crippen LogP contribution is -2.20. The van der Waals surface area contributed by atoms with Gasteiger partial charge in [-0.05, 0) is 5.56 Å². The molecule has 0 spiro atoms. The van der Waals surface area contributed by atoms with Gasteiger partial charge in [0.25, 0.3) is 0 Å². The van der Waals surface area contributed by atoms with Crippen LogP contribution in [0, 0.1) is 11.3 Å². The van der Waals surface area contributed by atoms with Gasteiger partial charge in [-0.1, -0.05) is 30.3 Å². The second-order valence-corrected chi connectivity index (χ2v) is 3.55. The normalized spacial score (nSPS) is 11.3. The Hall–Kier alpha value is -2.74. The molecule has 88 valence electrons. The maximum absolute atomic E-state index is 11.9. The van der Waals surface area contributed by atoms with E-state index in [1.165, 1.54) is 18.6 Å². The number of hydrogen-bond donors (Lipinski definition) is 1. The number of rotatable bonds is 3. The number of amides is 1. The average molecular weight is 238 g/mol. The van der Waals surface area contributed by atoms with Gasteiger partial charge < -0.3 is 5.32 Å². The predicted molar refractivity (Wildman–Crippen MR) is 65.5 cm³/mol. The fourth-order valence-corrected chi connectivity index (χ4v) is 1.49. The van der Waals surface area contributed by atoms with E-state index in [1.54, 1.807) is 24.3 Å². The van der Waals surface area contributed by atoms with Crippen LogP contribution in [0.1, 0.15) is 11.5 Å². The van der Waals surface area contributed by atoms with Gasteiger partial charge in [0.15, 0.2) is 11.7 Å². The molecule has 0 aliphatic rings. The van der Waals surface area contributed by atoms with Crippen LogP contribution in [0.4, 0.5) is 5.82 Å². The Balaban J connectivity index is 2.15. The second kappa shape index (κ2) is 5.55. The molecule has 1 N–H and O–H groups in total. The summed E-state index contributed by atoms with van der Waals surface area (Å²) in [5, 5.41) is 11.6. The van der Waals surface area contributed by atoms with Gasteiger partial charge in [-0.2, -0.15) is 5.26 Å². The topological polar surface area (TPSA) is 78.7 Å². The summed E-state index contributed by atoms with van der Waals surface area (Å²) in [4.78, 5) is 19.7. The molecule has 5 heteroatoms. The number of nitrogens with zero attached hydrogens (tertiary/aromatic N) is 3. The van der Waals surface area contributed by atoms with E-state index in [-0.39, 0.29) is 0 Å². The van der Waals surface area contributed by atoms with Crippen LogP contribution in [-0.2, 0) is 4.79 Å². The number of nitriles is 1. The largest absolute Gasteiger partial charge is 0.308 e. The van der Waals surface area contributed by atoms with Crippen LogP contribution in [-0.4, -0.2) is 15.9 Å². The van der Waals surface area contributed by atoms with E-state index in [0.29, 0.717) is 11.4 Å². The Morgan fingerprint density at radius 2 is 2.06 bits per heavy atom. The molecule has 2 aromatic rings. The summed E-state index contributed by atoms with van der Waals surface area (Å²) in [5.74, 6) is -0.934. The first-order valence-corrected chi connectivity index (χ1v) is 5.32. The zero-order valence-corrected chi connectivity index (χ0v) is 9.45. The molecule has 0 saturated carbocycles. The molecule has 1 heterocycles. The quantitative estimate of drug-likeness (QED) is 0.883. The highest BCUT2D eigenvalue weighted by molar-refractivity contribution is 5.96. The van der Waals surface area contributed by atoms with E-state index in [2.05, 4.69) is 15.3 Å². The molecule has 1 atom stereocenters. The van der Waals surface area contributed by atoms with Crippen molar-refractivity contribution in [3.8, 4) is 6.07 Å². The number of hydrogen-bond acceptors (Lipinski definition) is 4. The molecule has 0 bridgehead atoms. The molecule has 0 fully saturated rings. The van der Waals surface area contributed by atoms with Crippen LogP contribution < -0.4 is 5.32 Å². The van der Waals surface area contributed by atoms with E-state index in [1.807, 2.05) is 12.1 Å². The highest BCUT2D eigenvalue weighted by Gasteiger charge is 2.20. The first-order valence-electron chi connectivity index (χ1n) is 5.32. The maximum Gasteiger partial charge on any atom is 0.247 e. The summed E-state index contributed by atoms with van der Waals surface area (Å²) in [7, 11) is 0. The first-order chi connectivity index (χ1) is 8.81. The fourth-order valence-electron chi connectivity index (χ4n) is 1.49. The Bertz CT molecular complexity index is 563. The molecule has 0 aliphatic heterocycles. The Morgan fingerprint density at radius 3 is 2.67 bits per heavy atom. The number of anilines is 1. The van der Waals surface area contributed by atoms with E-state index in [4.69, 9.17) is 5.26 Å². The van der Waals surface area contributed by atoms with Gasteiger partial charge in [0.1, 0.15) is 0 Å². The van der Waals surface area contributed by atoms with Gasteiger partial charge in [-0.15, -0.1) is 0 Å². The molecule has 1 aromatic heterocycles. The summed E-state index contributed by atoms with van der Waals surface area (Å²) in [6.07, 6.45) is 4.41. The van der Waals surface area contributed by atoms with Gasteiger partial charge in [0, 0.05) is 12.4 Å². The summed E-state index contributed by atoms with van der Waals surface area (Å²) in [6.45, 7) is 0. The molecular formula is C13H10N4O. The molecule has 0 saturated heterocycles. The van der Waals surface area contributed by atoms with E-state index in [9.17, 15) is 4.79 Å². The van der Waals surface area contributed by atoms with Crippen molar-refractivity contribution < 1.29 is 4.79 Å². The predicted octanol–water partition coefficient (Wildman–Crippen LogP) is 1.72. The van der Waals surface area contributed by atoms with Crippen molar-refractivity contribution in [1.82, 2.24) is 9.97 Å². The van der Waals surface area contributed by atoms with Crippen LogP contribution in [0.25, 0.3) is 0 Å². The standard InChI is InChI=1S/C13H10N4O/c14-8-11(10-4-2-1-3-5-10)13(18)17-12-9-15-6-7-16-12/h1-7,9,11H,(H,16,17,18).